The first kappa shape index (κ1) is 14.5. The topological polar surface area (TPSA) is 33.5 Å². The minimum absolute atomic E-state index is 0.0465. The van der Waals surface area contributed by atoms with Crippen LogP contribution in [0.5, 0.6) is 0 Å². The molecule has 1 fully saturated rings. The number of carbonyl (C=O) groups is 1. The van der Waals surface area contributed by atoms with E-state index in [0.29, 0.717) is 6.04 Å². The molecular weight excluding hydrogens is 304 g/mol. The average Bonchev–Trinajstić information content (AvgIpc) is 2.41. The first-order valence-electron chi connectivity index (χ1n) is 7.09. The quantitative estimate of drug-likeness (QED) is 0.866. The summed E-state index contributed by atoms with van der Waals surface area (Å²) in [5.74, 6) is 0.0465. The fourth-order valence-corrected chi connectivity index (χ4v) is 3.07. The summed E-state index contributed by atoms with van der Waals surface area (Å²) in [6.45, 7) is 5.84. The molecule has 0 saturated carbocycles. The lowest BCUT2D eigenvalue weighted by Crippen LogP contribution is -3.13. The molecule has 0 aliphatic carbocycles. The molecule has 2 N–H and O–H groups in total. The summed E-state index contributed by atoms with van der Waals surface area (Å²) in [6, 6.07) is 7.90. The van der Waals surface area contributed by atoms with Gasteiger partial charge in [-0.15, -0.1) is 0 Å². The summed E-state index contributed by atoms with van der Waals surface area (Å²) in [6.07, 6.45) is 3.43. The lowest BCUT2D eigenvalue weighted by Gasteiger charge is -2.29. The molecule has 3 nitrogen and oxygen atoms in total. The molecule has 19 heavy (non-hydrogen) atoms. The van der Waals surface area contributed by atoms with E-state index in [0.717, 1.165) is 22.9 Å². The molecule has 0 radical (unpaired) electrons. The van der Waals surface area contributed by atoms with E-state index in [1.807, 2.05) is 24.3 Å². The maximum absolute atomic E-state index is 12.1. The zero-order valence-electron chi connectivity index (χ0n) is 11.4. The van der Waals surface area contributed by atoms with Crippen molar-refractivity contribution >= 4 is 21.8 Å². The van der Waals surface area contributed by atoms with Crippen LogP contribution in [-0.2, 0) is 0 Å². The number of nitrogens with one attached hydrogen (secondary N) is 2. The Bertz CT molecular complexity index is 428. The smallest absolute Gasteiger partial charge is 0.251 e. The van der Waals surface area contributed by atoms with Gasteiger partial charge >= 0.3 is 0 Å². The Kier molecular flexibility index (Phi) is 5.40. The molecule has 1 amide bonds. The summed E-state index contributed by atoms with van der Waals surface area (Å²) >= 11 is 3.40. The molecule has 0 atom stereocenters. The first-order valence-corrected chi connectivity index (χ1v) is 7.88. The van der Waals surface area contributed by atoms with Gasteiger partial charge in [0.1, 0.15) is 0 Å². The number of amides is 1. The van der Waals surface area contributed by atoms with Crippen molar-refractivity contribution < 1.29 is 9.69 Å². The highest BCUT2D eigenvalue weighted by atomic mass is 79.9. The van der Waals surface area contributed by atoms with E-state index in [1.54, 1.807) is 4.90 Å². The average molecular weight is 326 g/mol. The van der Waals surface area contributed by atoms with Crippen LogP contribution in [0.3, 0.4) is 0 Å². The zero-order valence-corrected chi connectivity index (χ0v) is 13.0. The normalized spacial score (nSPS) is 23.1. The second-order valence-electron chi connectivity index (χ2n) is 5.26. The van der Waals surface area contributed by atoms with Gasteiger partial charge in [0, 0.05) is 28.9 Å². The van der Waals surface area contributed by atoms with Gasteiger partial charge in [0.25, 0.3) is 5.91 Å². The van der Waals surface area contributed by atoms with Crippen LogP contribution in [0.15, 0.2) is 28.7 Å². The van der Waals surface area contributed by atoms with Crippen molar-refractivity contribution in [3.05, 3.63) is 34.3 Å². The van der Waals surface area contributed by atoms with E-state index in [-0.39, 0.29) is 5.91 Å². The number of hydrogen-bond donors (Lipinski definition) is 2. The molecule has 0 spiro atoms. The number of halogens is 1. The molecule has 1 aliphatic heterocycles. The summed E-state index contributed by atoms with van der Waals surface area (Å²) in [5.41, 5.74) is 0.734. The third-order valence-electron chi connectivity index (χ3n) is 3.72. The van der Waals surface area contributed by atoms with Gasteiger partial charge in [0.15, 0.2) is 0 Å². The van der Waals surface area contributed by atoms with Crippen molar-refractivity contribution in [2.45, 2.75) is 32.2 Å². The number of likely N-dealkylation sites (tertiary alicyclic amines) is 1. The minimum Gasteiger partial charge on any atom is -0.349 e. The van der Waals surface area contributed by atoms with Crippen LogP contribution in [0.2, 0.25) is 0 Å². The van der Waals surface area contributed by atoms with Gasteiger partial charge in [0.2, 0.25) is 0 Å². The number of hydrogen-bond acceptors (Lipinski definition) is 1. The van der Waals surface area contributed by atoms with Crippen molar-refractivity contribution in [1.82, 2.24) is 5.32 Å². The Morgan fingerprint density at radius 2 is 2.16 bits per heavy atom. The molecule has 1 aromatic rings. The Hall–Kier alpha value is -0.870. The number of carbonyl (C=O) groups excluding carboxylic acids is 1. The van der Waals surface area contributed by atoms with E-state index in [2.05, 4.69) is 28.2 Å². The molecule has 1 heterocycles. The molecule has 2 rings (SSSR count). The molecule has 1 saturated heterocycles. The highest BCUT2D eigenvalue weighted by molar-refractivity contribution is 9.10. The maximum Gasteiger partial charge on any atom is 0.251 e. The summed E-state index contributed by atoms with van der Waals surface area (Å²) < 4.78 is 0.947. The summed E-state index contributed by atoms with van der Waals surface area (Å²) in [4.78, 5) is 13.8. The molecule has 0 unspecified atom stereocenters. The highest BCUT2D eigenvalue weighted by Gasteiger charge is 2.23. The third-order valence-corrected chi connectivity index (χ3v) is 4.21. The molecule has 4 heteroatoms. The van der Waals surface area contributed by atoms with Crippen molar-refractivity contribution in [1.29, 1.82) is 0 Å². The van der Waals surface area contributed by atoms with Crippen LogP contribution in [0.25, 0.3) is 0 Å². The van der Waals surface area contributed by atoms with Crippen LogP contribution >= 0.6 is 15.9 Å². The molecule has 1 aliphatic rings. The molecular formula is C15H22BrN2O+. The summed E-state index contributed by atoms with van der Waals surface area (Å²) in [5, 5.41) is 3.15. The Morgan fingerprint density at radius 3 is 2.79 bits per heavy atom. The van der Waals surface area contributed by atoms with Crippen molar-refractivity contribution in [3.8, 4) is 0 Å². The standard InChI is InChI=1S/C15H21BrN2O/c1-2-8-18-9-6-14(7-10-18)17-15(19)12-4-3-5-13(16)11-12/h3-5,11,14H,2,6-10H2,1H3,(H,17,19)/p+1. The number of piperidine rings is 1. The van der Waals surface area contributed by atoms with Gasteiger partial charge in [-0.05, 0) is 24.6 Å². The zero-order chi connectivity index (χ0) is 13.7. The second-order valence-corrected chi connectivity index (χ2v) is 6.17. The largest absolute Gasteiger partial charge is 0.349 e. The van der Waals surface area contributed by atoms with E-state index < -0.39 is 0 Å². The van der Waals surface area contributed by atoms with Crippen LogP contribution in [-0.4, -0.2) is 31.6 Å². The molecule has 0 bridgehead atoms. The lowest BCUT2D eigenvalue weighted by molar-refractivity contribution is -0.905. The molecule has 0 aromatic heterocycles. The SMILES string of the molecule is CCC[NH+]1CCC(NC(=O)c2cccc(Br)c2)CC1. The minimum atomic E-state index is 0.0465. The van der Waals surface area contributed by atoms with Crippen molar-refractivity contribution in [3.63, 3.8) is 0 Å². The predicted octanol–water partition coefficient (Wildman–Crippen LogP) is 1.64. The number of rotatable bonds is 4. The highest BCUT2D eigenvalue weighted by Crippen LogP contribution is 2.12. The first-order chi connectivity index (χ1) is 9.19. The van der Waals surface area contributed by atoms with Gasteiger partial charge in [-0.2, -0.15) is 0 Å². The van der Waals surface area contributed by atoms with E-state index in [9.17, 15) is 4.79 Å². The lowest BCUT2D eigenvalue weighted by atomic mass is 10.0. The predicted molar refractivity (Wildman–Crippen MR) is 80.5 cm³/mol. The monoisotopic (exact) mass is 325 g/mol. The maximum atomic E-state index is 12.1. The Labute approximate surface area is 123 Å². The molecule has 104 valence electrons. The van der Waals surface area contributed by atoms with Gasteiger partial charge in [-0.1, -0.05) is 28.9 Å². The van der Waals surface area contributed by atoms with E-state index in [1.165, 1.54) is 26.1 Å². The van der Waals surface area contributed by atoms with Crippen molar-refractivity contribution in [2.75, 3.05) is 19.6 Å². The van der Waals surface area contributed by atoms with Crippen LogP contribution in [0.1, 0.15) is 36.5 Å². The van der Waals surface area contributed by atoms with Crippen LogP contribution in [0.4, 0.5) is 0 Å². The summed E-state index contributed by atoms with van der Waals surface area (Å²) in [7, 11) is 0. The second kappa shape index (κ2) is 7.06. The number of benzene rings is 1. The van der Waals surface area contributed by atoms with Crippen LogP contribution in [0, 0.1) is 0 Å². The Morgan fingerprint density at radius 1 is 1.42 bits per heavy atom. The third kappa shape index (κ3) is 4.32. The fraction of sp³-hybridized carbons (Fsp3) is 0.533. The molecule has 1 aromatic carbocycles. The van der Waals surface area contributed by atoms with Gasteiger partial charge < -0.3 is 10.2 Å². The van der Waals surface area contributed by atoms with Crippen LogP contribution < -0.4 is 10.2 Å². The van der Waals surface area contributed by atoms with Gasteiger partial charge in [-0.25, -0.2) is 0 Å². The van der Waals surface area contributed by atoms with E-state index >= 15 is 0 Å². The van der Waals surface area contributed by atoms with Crippen molar-refractivity contribution in [2.24, 2.45) is 0 Å². The Balaban J connectivity index is 1.84. The number of quaternary nitrogens is 1. The van der Waals surface area contributed by atoms with Gasteiger partial charge in [0.05, 0.1) is 19.6 Å². The van der Waals surface area contributed by atoms with Gasteiger partial charge in [-0.3, -0.25) is 4.79 Å². The fourth-order valence-electron chi connectivity index (χ4n) is 2.67. The van der Waals surface area contributed by atoms with E-state index in [4.69, 9.17) is 0 Å².